The second-order valence-electron chi connectivity index (χ2n) is 4.01. The molecule has 1 unspecified atom stereocenters. The van der Waals surface area contributed by atoms with Gasteiger partial charge < -0.3 is 10.4 Å². The number of nitrogens with zero attached hydrogens (tertiary/aromatic N) is 1. The van der Waals surface area contributed by atoms with Gasteiger partial charge in [-0.15, -0.1) is 0 Å². The van der Waals surface area contributed by atoms with E-state index < -0.39 is 17.8 Å². The number of carbonyl (C=O) groups is 2. The number of pyridine rings is 1. The third-order valence-corrected chi connectivity index (χ3v) is 2.35. The van der Waals surface area contributed by atoms with E-state index in [2.05, 4.69) is 10.3 Å². The van der Waals surface area contributed by atoms with E-state index in [0.717, 1.165) is 6.07 Å². The van der Waals surface area contributed by atoms with Gasteiger partial charge in [-0.2, -0.15) is 4.39 Å². The smallest absolute Gasteiger partial charge is 0.303 e. The van der Waals surface area contributed by atoms with Gasteiger partial charge in [0.25, 0.3) is 5.91 Å². The molecule has 0 radical (unpaired) electrons. The molecule has 0 aliphatic heterocycles. The van der Waals surface area contributed by atoms with Crippen LogP contribution in [-0.2, 0) is 4.79 Å². The Balaban J connectivity index is 2.42. The van der Waals surface area contributed by atoms with Crippen LogP contribution >= 0.6 is 0 Å². The molecule has 6 heteroatoms. The van der Waals surface area contributed by atoms with Crippen molar-refractivity contribution in [1.82, 2.24) is 10.3 Å². The molecule has 0 saturated heterocycles. The zero-order valence-corrected chi connectivity index (χ0v) is 10.0. The molecular weight excluding hydrogens is 239 g/mol. The first-order valence-electron chi connectivity index (χ1n) is 5.64. The first-order valence-corrected chi connectivity index (χ1v) is 5.64. The van der Waals surface area contributed by atoms with Gasteiger partial charge in [0.15, 0.2) is 0 Å². The molecular formula is C12H15FN2O3. The molecule has 5 nitrogen and oxygen atoms in total. The number of halogens is 1. The topological polar surface area (TPSA) is 79.3 Å². The van der Waals surface area contributed by atoms with Crippen molar-refractivity contribution in [2.45, 2.75) is 32.2 Å². The van der Waals surface area contributed by atoms with Crippen LogP contribution in [0, 0.1) is 5.95 Å². The molecule has 1 amide bonds. The van der Waals surface area contributed by atoms with Gasteiger partial charge in [-0.25, -0.2) is 4.98 Å². The second kappa shape index (κ2) is 6.68. The Labute approximate surface area is 104 Å². The predicted octanol–water partition coefficient (Wildman–Crippen LogP) is 1.59. The highest BCUT2D eigenvalue weighted by Crippen LogP contribution is 2.03. The van der Waals surface area contributed by atoms with Gasteiger partial charge in [-0.05, 0) is 31.9 Å². The lowest BCUT2D eigenvalue weighted by atomic mass is 10.1. The molecule has 0 aliphatic rings. The Hall–Kier alpha value is -1.98. The second-order valence-corrected chi connectivity index (χ2v) is 4.01. The van der Waals surface area contributed by atoms with E-state index in [0.29, 0.717) is 12.8 Å². The molecule has 0 aliphatic carbocycles. The Morgan fingerprint density at radius 2 is 2.22 bits per heavy atom. The summed E-state index contributed by atoms with van der Waals surface area (Å²) in [5.41, 5.74) is 0.0140. The van der Waals surface area contributed by atoms with E-state index in [1.807, 2.05) is 0 Å². The van der Waals surface area contributed by atoms with Crippen molar-refractivity contribution in [3.8, 4) is 0 Å². The zero-order chi connectivity index (χ0) is 13.5. The summed E-state index contributed by atoms with van der Waals surface area (Å²) in [6.45, 7) is 1.76. The normalized spacial score (nSPS) is 11.9. The minimum absolute atomic E-state index is 0.0140. The fraction of sp³-hybridized carbons (Fsp3) is 0.417. The molecule has 0 spiro atoms. The molecule has 0 saturated carbocycles. The Bertz CT molecular complexity index is 437. The maximum absolute atomic E-state index is 12.8. The van der Waals surface area contributed by atoms with Crippen molar-refractivity contribution in [1.29, 1.82) is 0 Å². The summed E-state index contributed by atoms with van der Waals surface area (Å²) in [5, 5.41) is 11.1. The monoisotopic (exact) mass is 254 g/mol. The first-order chi connectivity index (χ1) is 8.49. The zero-order valence-electron chi connectivity index (χ0n) is 10.0. The van der Waals surface area contributed by atoms with Crippen molar-refractivity contribution < 1.29 is 19.1 Å². The molecule has 18 heavy (non-hydrogen) atoms. The van der Waals surface area contributed by atoms with Crippen LogP contribution in [0.1, 0.15) is 36.7 Å². The Kier molecular flexibility index (Phi) is 5.23. The summed E-state index contributed by atoms with van der Waals surface area (Å²) in [5.74, 6) is -2.03. The van der Waals surface area contributed by atoms with Crippen LogP contribution in [0.2, 0.25) is 0 Å². The third kappa shape index (κ3) is 4.90. The molecule has 1 aromatic heterocycles. The van der Waals surface area contributed by atoms with Crippen LogP contribution in [0.3, 0.4) is 0 Å². The fourth-order valence-electron chi connectivity index (χ4n) is 1.46. The van der Waals surface area contributed by atoms with Crippen molar-refractivity contribution in [3.63, 3.8) is 0 Å². The van der Waals surface area contributed by atoms with E-state index in [1.54, 1.807) is 6.92 Å². The number of rotatable bonds is 6. The maximum Gasteiger partial charge on any atom is 0.303 e. The molecule has 0 aromatic carbocycles. The quantitative estimate of drug-likeness (QED) is 0.755. The number of carboxylic acids is 1. The number of amides is 1. The number of aromatic nitrogens is 1. The summed E-state index contributed by atoms with van der Waals surface area (Å²) in [4.78, 5) is 25.4. The molecule has 1 atom stereocenters. The van der Waals surface area contributed by atoms with Crippen LogP contribution in [0.5, 0.6) is 0 Å². The summed E-state index contributed by atoms with van der Waals surface area (Å²) in [6, 6.07) is 3.81. The summed E-state index contributed by atoms with van der Waals surface area (Å²) >= 11 is 0. The standard InChI is InChI=1S/C12H15FN2O3/c1-8(4-2-7-11(16)17)14-12(18)9-5-3-6-10(13)15-9/h3,5-6,8H,2,4,7H2,1H3,(H,14,18)(H,16,17). The van der Waals surface area contributed by atoms with Crippen LogP contribution in [0.4, 0.5) is 4.39 Å². The van der Waals surface area contributed by atoms with E-state index >= 15 is 0 Å². The van der Waals surface area contributed by atoms with Gasteiger partial charge in [0, 0.05) is 12.5 Å². The largest absolute Gasteiger partial charge is 0.481 e. The van der Waals surface area contributed by atoms with Crippen molar-refractivity contribution in [2.24, 2.45) is 0 Å². The average molecular weight is 254 g/mol. The highest BCUT2D eigenvalue weighted by atomic mass is 19.1. The van der Waals surface area contributed by atoms with E-state index in [1.165, 1.54) is 12.1 Å². The van der Waals surface area contributed by atoms with Gasteiger partial charge in [0.05, 0.1) is 0 Å². The Morgan fingerprint density at radius 3 is 2.83 bits per heavy atom. The van der Waals surface area contributed by atoms with Gasteiger partial charge in [-0.1, -0.05) is 6.07 Å². The number of carbonyl (C=O) groups excluding carboxylic acids is 1. The Morgan fingerprint density at radius 1 is 1.50 bits per heavy atom. The molecule has 1 aromatic rings. The van der Waals surface area contributed by atoms with E-state index in [-0.39, 0.29) is 18.2 Å². The highest BCUT2D eigenvalue weighted by Gasteiger charge is 2.11. The maximum atomic E-state index is 12.8. The van der Waals surface area contributed by atoms with E-state index in [4.69, 9.17) is 5.11 Å². The first kappa shape index (κ1) is 14.1. The lowest BCUT2D eigenvalue weighted by Crippen LogP contribution is -2.33. The van der Waals surface area contributed by atoms with Crippen molar-refractivity contribution in [2.75, 3.05) is 0 Å². The van der Waals surface area contributed by atoms with Crippen LogP contribution < -0.4 is 5.32 Å². The molecule has 0 fully saturated rings. The summed E-state index contributed by atoms with van der Waals surface area (Å²) in [6.07, 6.45) is 1.10. The van der Waals surface area contributed by atoms with Crippen molar-refractivity contribution >= 4 is 11.9 Å². The number of aliphatic carboxylic acids is 1. The number of hydrogen-bond acceptors (Lipinski definition) is 3. The minimum Gasteiger partial charge on any atom is -0.481 e. The summed E-state index contributed by atoms with van der Waals surface area (Å²) in [7, 11) is 0. The minimum atomic E-state index is -0.861. The van der Waals surface area contributed by atoms with E-state index in [9.17, 15) is 14.0 Å². The molecule has 1 heterocycles. The predicted molar refractivity (Wildman–Crippen MR) is 62.6 cm³/mol. The molecule has 1 rings (SSSR count). The third-order valence-electron chi connectivity index (χ3n) is 2.35. The SMILES string of the molecule is CC(CCCC(=O)O)NC(=O)c1cccc(F)n1. The number of nitrogens with one attached hydrogen (secondary N) is 1. The lowest BCUT2D eigenvalue weighted by Gasteiger charge is -2.12. The highest BCUT2D eigenvalue weighted by molar-refractivity contribution is 5.92. The van der Waals surface area contributed by atoms with Crippen LogP contribution in [-0.4, -0.2) is 28.0 Å². The molecule has 98 valence electrons. The van der Waals surface area contributed by atoms with Gasteiger partial charge in [0.2, 0.25) is 5.95 Å². The molecule has 2 N–H and O–H groups in total. The van der Waals surface area contributed by atoms with Gasteiger partial charge in [-0.3, -0.25) is 9.59 Å². The van der Waals surface area contributed by atoms with Gasteiger partial charge in [0.1, 0.15) is 5.69 Å². The van der Waals surface area contributed by atoms with Crippen molar-refractivity contribution in [3.05, 3.63) is 29.8 Å². The van der Waals surface area contributed by atoms with Gasteiger partial charge >= 0.3 is 5.97 Å². The number of carboxylic acid groups (broad SMARTS) is 1. The number of hydrogen-bond donors (Lipinski definition) is 2. The average Bonchev–Trinajstić information content (AvgIpc) is 2.28. The summed E-state index contributed by atoms with van der Waals surface area (Å²) < 4.78 is 12.8. The molecule has 0 bridgehead atoms. The fourth-order valence-corrected chi connectivity index (χ4v) is 1.46. The van der Waals surface area contributed by atoms with Crippen LogP contribution in [0.15, 0.2) is 18.2 Å². The lowest BCUT2D eigenvalue weighted by molar-refractivity contribution is -0.137. The van der Waals surface area contributed by atoms with Crippen LogP contribution in [0.25, 0.3) is 0 Å².